The number of ether oxygens (including phenoxy) is 1. The van der Waals surface area contributed by atoms with Gasteiger partial charge in [0.25, 0.3) is 0 Å². The molecule has 4 heteroatoms. The van der Waals surface area contributed by atoms with Crippen LogP contribution in [0.25, 0.3) is 0 Å². The minimum Gasteiger partial charge on any atom is -0.465 e. The molecule has 0 radical (unpaired) electrons. The van der Waals surface area contributed by atoms with Crippen LogP contribution in [0, 0.1) is 5.41 Å². The standard InChI is InChI=1S/C7H7NO2S/c1-10-7(9)5-2-6(3-8)11-4-5/h2-4,8H,1H3. The molecular weight excluding hydrogens is 162 g/mol. The van der Waals surface area contributed by atoms with Gasteiger partial charge >= 0.3 is 5.97 Å². The van der Waals surface area contributed by atoms with Crippen molar-refractivity contribution in [3.05, 3.63) is 21.9 Å². The molecule has 1 heterocycles. The number of nitrogens with one attached hydrogen (secondary N) is 1. The van der Waals surface area contributed by atoms with Gasteiger partial charge in [-0.2, -0.15) is 0 Å². The highest BCUT2D eigenvalue weighted by Gasteiger charge is 2.06. The lowest BCUT2D eigenvalue weighted by Gasteiger charge is -1.91. The third kappa shape index (κ3) is 1.65. The highest BCUT2D eigenvalue weighted by molar-refractivity contribution is 7.12. The first kappa shape index (κ1) is 7.94. The van der Waals surface area contributed by atoms with Gasteiger partial charge in [-0.05, 0) is 6.07 Å². The van der Waals surface area contributed by atoms with Gasteiger partial charge in [-0.15, -0.1) is 11.3 Å². The lowest BCUT2D eigenvalue weighted by Crippen LogP contribution is -1.98. The number of thiophene rings is 1. The predicted octanol–water partition coefficient (Wildman–Crippen LogP) is 1.53. The number of carbonyl (C=O) groups is 1. The first-order valence-corrected chi connectivity index (χ1v) is 3.83. The second-order valence-corrected chi connectivity index (χ2v) is 2.82. The second kappa shape index (κ2) is 3.30. The summed E-state index contributed by atoms with van der Waals surface area (Å²) in [5.74, 6) is -0.352. The van der Waals surface area contributed by atoms with Crippen LogP contribution in [0.5, 0.6) is 0 Å². The molecule has 0 unspecified atom stereocenters. The topological polar surface area (TPSA) is 50.2 Å². The first-order valence-electron chi connectivity index (χ1n) is 2.95. The molecule has 1 aromatic heterocycles. The fraction of sp³-hybridized carbons (Fsp3) is 0.143. The zero-order chi connectivity index (χ0) is 8.27. The van der Waals surface area contributed by atoms with E-state index in [0.717, 1.165) is 4.88 Å². The monoisotopic (exact) mass is 169 g/mol. The average Bonchev–Trinajstić information content (AvgIpc) is 2.50. The summed E-state index contributed by atoms with van der Waals surface area (Å²) in [4.78, 5) is 11.6. The SMILES string of the molecule is COC(=O)c1csc(C=N)c1. The molecule has 0 saturated heterocycles. The molecular formula is C7H7NO2S. The van der Waals surface area contributed by atoms with Crippen molar-refractivity contribution in [1.29, 1.82) is 5.41 Å². The minimum absolute atomic E-state index is 0.352. The lowest BCUT2D eigenvalue weighted by molar-refractivity contribution is 0.0601. The molecule has 0 spiro atoms. The van der Waals surface area contributed by atoms with Gasteiger partial charge in [0.2, 0.25) is 0 Å². The quantitative estimate of drug-likeness (QED) is 0.539. The van der Waals surface area contributed by atoms with Crippen LogP contribution in [0.4, 0.5) is 0 Å². The van der Waals surface area contributed by atoms with Gasteiger partial charge in [0.1, 0.15) is 0 Å². The summed E-state index contributed by atoms with van der Waals surface area (Å²) in [6, 6.07) is 1.63. The molecule has 0 fully saturated rings. The molecule has 1 rings (SSSR count). The van der Waals surface area contributed by atoms with Crippen molar-refractivity contribution in [3.63, 3.8) is 0 Å². The van der Waals surface area contributed by atoms with Gasteiger partial charge in [-0.25, -0.2) is 4.79 Å². The molecule has 0 aromatic carbocycles. The van der Waals surface area contributed by atoms with Crippen LogP contribution in [0.2, 0.25) is 0 Å². The summed E-state index contributed by atoms with van der Waals surface area (Å²) in [6.45, 7) is 0. The fourth-order valence-corrected chi connectivity index (χ4v) is 1.34. The molecule has 0 amide bonds. The van der Waals surface area contributed by atoms with E-state index in [-0.39, 0.29) is 5.97 Å². The van der Waals surface area contributed by atoms with E-state index >= 15 is 0 Å². The summed E-state index contributed by atoms with van der Waals surface area (Å²) < 4.78 is 4.49. The lowest BCUT2D eigenvalue weighted by atomic mass is 10.3. The molecule has 0 atom stereocenters. The van der Waals surface area contributed by atoms with E-state index in [1.165, 1.54) is 24.7 Å². The van der Waals surface area contributed by atoms with Crippen molar-refractivity contribution >= 4 is 23.5 Å². The minimum atomic E-state index is -0.352. The molecule has 0 saturated carbocycles. The Morgan fingerprint density at radius 1 is 1.82 bits per heavy atom. The second-order valence-electron chi connectivity index (χ2n) is 1.87. The average molecular weight is 169 g/mol. The Kier molecular flexibility index (Phi) is 2.38. The van der Waals surface area contributed by atoms with E-state index in [4.69, 9.17) is 5.41 Å². The van der Waals surface area contributed by atoms with E-state index in [0.29, 0.717) is 5.56 Å². The van der Waals surface area contributed by atoms with Gasteiger partial charge in [-0.1, -0.05) is 0 Å². The number of hydrogen-bond donors (Lipinski definition) is 1. The normalized spacial score (nSPS) is 9.18. The third-order valence-corrected chi connectivity index (χ3v) is 2.06. The number of carbonyl (C=O) groups excluding carboxylic acids is 1. The highest BCUT2D eigenvalue weighted by Crippen LogP contribution is 2.12. The van der Waals surface area contributed by atoms with E-state index < -0.39 is 0 Å². The van der Waals surface area contributed by atoms with Crippen LogP contribution in [0.3, 0.4) is 0 Å². The maximum atomic E-state index is 10.9. The van der Waals surface area contributed by atoms with Crippen LogP contribution < -0.4 is 0 Å². The number of methoxy groups -OCH3 is 1. The smallest absolute Gasteiger partial charge is 0.338 e. The van der Waals surface area contributed by atoms with Crippen LogP contribution in [-0.4, -0.2) is 19.3 Å². The van der Waals surface area contributed by atoms with Crippen molar-refractivity contribution in [3.8, 4) is 0 Å². The van der Waals surface area contributed by atoms with Crippen molar-refractivity contribution in [1.82, 2.24) is 0 Å². The van der Waals surface area contributed by atoms with E-state index in [9.17, 15) is 4.79 Å². The van der Waals surface area contributed by atoms with Gasteiger partial charge in [-0.3, -0.25) is 0 Å². The Balaban J connectivity index is 2.88. The Bertz CT molecular complexity index is 280. The predicted molar refractivity (Wildman–Crippen MR) is 43.5 cm³/mol. The molecule has 0 aliphatic heterocycles. The first-order chi connectivity index (χ1) is 5.27. The summed E-state index contributed by atoms with van der Waals surface area (Å²) in [5, 5.41) is 8.56. The number of esters is 1. The largest absolute Gasteiger partial charge is 0.465 e. The molecule has 11 heavy (non-hydrogen) atoms. The van der Waals surface area contributed by atoms with Crippen LogP contribution in [0.1, 0.15) is 15.2 Å². The Morgan fingerprint density at radius 3 is 3.00 bits per heavy atom. The van der Waals surface area contributed by atoms with Crippen molar-refractivity contribution in [2.75, 3.05) is 7.11 Å². The molecule has 0 aliphatic rings. The van der Waals surface area contributed by atoms with Crippen LogP contribution in [-0.2, 0) is 4.74 Å². The van der Waals surface area contributed by atoms with Gasteiger partial charge in [0.15, 0.2) is 0 Å². The van der Waals surface area contributed by atoms with E-state index in [2.05, 4.69) is 4.74 Å². The zero-order valence-electron chi connectivity index (χ0n) is 5.96. The molecule has 0 bridgehead atoms. The van der Waals surface area contributed by atoms with Crippen molar-refractivity contribution in [2.45, 2.75) is 0 Å². The van der Waals surface area contributed by atoms with Crippen molar-refractivity contribution < 1.29 is 9.53 Å². The van der Waals surface area contributed by atoms with E-state index in [1.807, 2.05) is 0 Å². The highest BCUT2D eigenvalue weighted by atomic mass is 32.1. The van der Waals surface area contributed by atoms with E-state index in [1.54, 1.807) is 11.4 Å². The van der Waals surface area contributed by atoms with Crippen molar-refractivity contribution in [2.24, 2.45) is 0 Å². The van der Waals surface area contributed by atoms with Crippen LogP contribution >= 0.6 is 11.3 Å². The Labute approximate surface area is 68.1 Å². The third-order valence-electron chi connectivity index (χ3n) is 1.18. The summed E-state index contributed by atoms with van der Waals surface area (Å²) in [7, 11) is 1.34. The molecule has 3 nitrogen and oxygen atoms in total. The molecule has 1 N–H and O–H groups in total. The molecule has 58 valence electrons. The maximum Gasteiger partial charge on any atom is 0.338 e. The Morgan fingerprint density at radius 2 is 2.55 bits per heavy atom. The molecule has 0 aliphatic carbocycles. The van der Waals surface area contributed by atoms with Gasteiger partial charge in [0, 0.05) is 16.5 Å². The van der Waals surface area contributed by atoms with Gasteiger partial charge in [0.05, 0.1) is 12.7 Å². The number of rotatable bonds is 2. The van der Waals surface area contributed by atoms with Gasteiger partial charge < -0.3 is 10.1 Å². The fourth-order valence-electron chi connectivity index (χ4n) is 0.653. The summed E-state index contributed by atoms with van der Waals surface area (Å²) in [6.07, 6.45) is 1.21. The molecule has 1 aromatic rings. The van der Waals surface area contributed by atoms with Crippen LogP contribution in [0.15, 0.2) is 11.4 Å². The Hall–Kier alpha value is -1.16. The maximum absolute atomic E-state index is 10.9. The zero-order valence-corrected chi connectivity index (χ0v) is 6.77. The number of hydrogen-bond acceptors (Lipinski definition) is 4. The summed E-state index contributed by atoms with van der Waals surface area (Å²) in [5.41, 5.74) is 0.510. The summed E-state index contributed by atoms with van der Waals surface area (Å²) >= 11 is 1.35.